The molecule has 2 aromatic heterocycles. The SMILES string of the molecule is CC(C)Cn1ccc2c(NCC#Cc3cc(O)c4nc(N)sc4c3)cccc21. The topological polar surface area (TPSA) is 76.1 Å². The Morgan fingerprint density at radius 2 is 2.14 bits per heavy atom. The molecule has 0 bridgehead atoms. The Labute approximate surface area is 167 Å². The molecule has 0 aliphatic carbocycles. The number of nitrogens with two attached hydrogens (primary N) is 1. The summed E-state index contributed by atoms with van der Waals surface area (Å²) in [5.74, 6) is 6.93. The summed E-state index contributed by atoms with van der Waals surface area (Å²) in [6.07, 6.45) is 2.14. The second kappa shape index (κ2) is 7.45. The normalized spacial score (nSPS) is 11.1. The van der Waals surface area contributed by atoms with E-state index in [1.54, 1.807) is 6.07 Å². The molecule has 0 unspecified atom stereocenters. The Morgan fingerprint density at radius 3 is 2.96 bits per heavy atom. The van der Waals surface area contributed by atoms with Crippen LogP contribution in [0.4, 0.5) is 10.8 Å². The van der Waals surface area contributed by atoms with Gasteiger partial charge in [-0.05, 0) is 36.2 Å². The molecule has 0 radical (unpaired) electrons. The standard InChI is InChI=1S/C22H22N4OS/c1-14(2)13-26-10-8-16-17(6-3-7-18(16)26)24-9-4-5-15-11-19(27)21-20(12-15)28-22(23)25-21/h3,6-8,10-12,14,24,27H,9,13H2,1-2H3,(H2,23,25). The van der Waals surface area contributed by atoms with Gasteiger partial charge in [0, 0.05) is 29.4 Å². The van der Waals surface area contributed by atoms with Crippen molar-refractivity contribution >= 4 is 43.3 Å². The molecule has 6 heteroatoms. The molecule has 142 valence electrons. The van der Waals surface area contributed by atoms with Gasteiger partial charge in [0.05, 0.1) is 16.8 Å². The lowest BCUT2D eigenvalue weighted by atomic mass is 10.2. The van der Waals surface area contributed by atoms with Crippen molar-refractivity contribution in [3.63, 3.8) is 0 Å². The van der Waals surface area contributed by atoms with Crippen LogP contribution >= 0.6 is 11.3 Å². The number of phenolic OH excluding ortho intramolecular Hbond substituents is 1. The van der Waals surface area contributed by atoms with E-state index in [0.717, 1.165) is 22.5 Å². The molecule has 4 N–H and O–H groups in total. The fourth-order valence-corrected chi connectivity index (χ4v) is 4.11. The number of aromatic hydroxyl groups is 1. The summed E-state index contributed by atoms with van der Waals surface area (Å²) in [7, 11) is 0. The lowest BCUT2D eigenvalue weighted by Gasteiger charge is -2.09. The molecule has 4 rings (SSSR count). The van der Waals surface area contributed by atoms with Crippen molar-refractivity contribution in [2.75, 3.05) is 17.6 Å². The third-order valence-corrected chi connectivity index (χ3v) is 5.30. The Hall–Kier alpha value is -3.17. The summed E-state index contributed by atoms with van der Waals surface area (Å²) < 4.78 is 3.13. The van der Waals surface area contributed by atoms with Gasteiger partial charge in [0.2, 0.25) is 0 Å². The monoisotopic (exact) mass is 390 g/mol. The first-order valence-electron chi connectivity index (χ1n) is 9.21. The Morgan fingerprint density at radius 1 is 1.29 bits per heavy atom. The van der Waals surface area contributed by atoms with Crippen LogP contribution in [-0.2, 0) is 6.54 Å². The molecule has 5 nitrogen and oxygen atoms in total. The van der Waals surface area contributed by atoms with Crippen LogP contribution in [-0.4, -0.2) is 21.2 Å². The number of thiazole rings is 1. The smallest absolute Gasteiger partial charge is 0.181 e. The van der Waals surface area contributed by atoms with Gasteiger partial charge < -0.3 is 20.7 Å². The van der Waals surface area contributed by atoms with E-state index in [1.165, 1.54) is 22.2 Å². The molecule has 0 spiro atoms. The fourth-order valence-electron chi connectivity index (χ4n) is 3.32. The van der Waals surface area contributed by atoms with E-state index in [9.17, 15) is 5.11 Å². The van der Waals surface area contributed by atoms with Crippen molar-refractivity contribution in [2.45, 2.75) is 20.4 Å². The van der Waals surface area contributed by atoms with Crippen molar-refractivity contribution in [3.8, 4) is 17.6 Å². The number of anilines is 2. The average molecular weight is 391 g/mol. The first-order valence-corrected chi connectivity index (χ1v) is 10.0. The second-order valence-electron chi connectivity index (χ2n) is 7.15. The van der Waals surface area contributed by atoms with Crippen LogP contribution in [0.1, 0.15) is 19.4 Å². The first kappa shape index (κ1) is 18.2. The van der Waals surface area contributed by atoms with Crippen LogP contribution in [0.2, 0.25) is 0 Å². The van der Waals surface area contributed by atoms with Crippen molar-refractivity contribution in [1.29, 1.82) is 0 Å². The van der Waals surface area contributed by atoms with Crippen LogP contribution in [0.25, 0.3) is 21.1 Å². The van der Waals surface area contributed by atoms with Crippen molar-refractivity contribution < 1.29 is 5.11 Å². The zero-order valence-electron chi connectivity index (χ0n) is 15.9. The van der Waals surface area contributed by atoms with Crippen LogP contribution in [0.3, 0.4) is 0 Å². The summed E-state index contributed by atoms with van der Waals surface area (Å²) >= 11 is 1.35. The van der Waals surface area contributed by atoms with Crippen molar-refractivity contribution in [2.24, 2.45) is 5.92 Å². The minimum absolute atomic E-state index is 0.110. The number of phenols is 1. The summed E-state index contributed by atoms with van der Waals surface area (Å²) in [5, 5.41) is 15.1. The van der Waals surface area contributed by atoms with Gasteiger partial charge in [-0.2, -0.15) is 0 Å². The van der Waals surface area contributed by atoms with E-state index in [4.69, 9.17) is 5.73 Å². The molecule has 0 fully saturated rings. The maximum absolute atomic E-state index is 10.1. The number of aromatic nitrogens is 2. The number of rotatable bonds is 4. The number of hydrogen-bond donors (Lipinski definition) is 3. The molecule has 28 heavy (non-hydrogen) atoms. The van der Waals surface area contributed by atoms with Crippen LogP contribution in [0, 0.1) is 17.8 Å². The molecular formula is C22H22N4OS. The van der Waals surface area contributed by atoms with Crippen molar-refractivity contribution in [3.05, 3.63) is 48.2 Å². The highest BCUT2D eigenvalue weighted by Crippen LogP contribution is 2.31. The highest BCUT2D eigenvalue weighted by Gasteiger charge is 2.08. The number of fused-ring (bicyclic) bond motifs is 2. The van der Waals surface area contributed by atoms with Gasteiger partial charge in [-0.25, -0.2) is 4.98 Å². The zero-order chi connectivity index (χ0) is 19.7. The number of nitrogens with one attached hydrogen (secondary N) is 1. The highest BCUT2D eigenvalue weighted by molar-refractivity contribution is 7.22. The number of hydrogen-bond acceptors (Lipinski definition) is 5. The average Bonchev–Trinajstić information content (AvgIpc) is 3.22. The fraction of sp³-hybridized carbons (Fsp3) is 0.227. The van der Waals surface area contributed by atoms with Crippen LogP contribution in [0.15, 0.2) is 42.6 Å². The minimum Gasteiger partial charge on any atom is -0.506 e. The Bertz CT molecular complexity index is 1210. The molecule has 0 saturated carbocycles. The third-order valence-electron chi connectivity index (χ3n) is 4.47. The van der Waals surface area contributed by atoms with Gasteiger partial charge in [-0.1, -0.05) is 43.1 Å². The molecule has 0 aliphatic heterocycles. The third kappa shape index (κ3) is 3.62. The van der Waals surface area contributed by atoms with Gasteiger partial charge in [-0.3, -0.25) is 0 Å². The van der Waals surface area contributed by atoms with Gasteiger partial charge in [0.25, 0.3) is 0 Å². The van der Waals surface area contributed by atoms with Gasteiger partial charge in [0.15, 0.2) is 5.13 Å². The molecule has 4 aromatic rings. The molecule has 2 aromatic carbocycles. The maximum atomic E-state index is 10.1. The van der Waals surface area contributed by atoms with E-state index in [1.807, 2.05) is 6.07 Å². The van der Waals surface area contributed by atoms with E-state index in [-0.39, 0.29) is 5.75 Å². The molecular weight excluding hydrogens is 368 g/mol. The summed E-state index contributed by atoms with van der Waals surface area (Å²) in [6, 6.07) is 12.0. The molecule has 0 saturated heterocycles. The van der Waals surface area contributed by atoms with Gasteiger partial charge >= 0.3 is 0 Å². The maximum Gasteiger partial charge on any atom is 0.181 e. The number of nitrogens with zero attached hydrogens (tertiary/aromatic N) is 2. The predicted octanol–water partition coefficient (Wildman–Crippen LogP) is 4.66. The predicted molar refractivity (Wildman–Crippen MR) is 118 cm³/mol. The second-order valence-corrected chi connectivity index (χ2v) is 8.21. The highest BCUT2D eigenvalue weighted by atomic mass is 32.1. The molecule has 0 atom stereocenters. The first-order chi connectivity index (χ1) is 13.5. The lowest BCUT2D eigenvalue weighted by Crippen LogP contribution is -2.03. The van der Waals surface area contributed by atoms with Gasteiger partial charge in [-0.15, -0.1) is 0 Å². The van der Waals surface area contributed by atoms with Crippen LogP contribution < -0.4 is 11.1 Å². The molecule has 0 aliphatic rings. The van der Waals surface area contributed by atoms with Crippen molar-refractivity contribution in [1.82, 2.24) is 9.55 Å². The lowest BCUT2D eigenvalue weighted by molar-refractivity contribution is 0.480. The number of nitrogen functional groups attached to an aromatic ring is 1. The summed E-state index contributed by atoms with van der Waals surface area (Å²) in [5.41, 5.74) is 9.29. The Kier molecular flexibility index (Phi) is 4.84. The quantitative estimate of drug-likeness (QED) is 0.443. The largest absolute Gasteiger partial charge is 0.506 e. The zero-order valence-corrected chi connectivity index (χ0v) is 16.7. The van der Waals surface area contributed by atoms with E-state index in [2.05, 4.69) is 71.0 Å². The van der Waals surface area contributed by atoms with Crippen LogP contribution in [0.5, 0.6) is 5.75 Å². The summed E-state index contributed by atoms with van der Waals surface area (Å²) in [6.45, 7) is 5.96. The van der Waals surface area contributed by atoms with E-state index in [0.29, 0.717) is 23.1 Å². The molecule has 0 amide bonds. The van der Waals surface area contributed by atoms with E-state index >= 15 is 0 Å². The minimum atomic E-state index is 0.110. The van der Waals surface area contributed by atoms with E-state index < -0.39 is 0 Å². The summed E-state index contributed by atoms with van der Waals surface area (Å²) in [4.78, 5) is 4.12. The molecule has 2 heterocycles. The van der Waals surface area contributed by atoms with Gasteiger partial charge in [0.1, 0.15) is 11.3 Å². The Balaban J connectivity index is 1.51. The number of benzene rings is 2.